The molecule has 6 heteroatoms. The number of ether oxygens (including phenoxy) is 2. The second-order valence-electron chi connectivity index (χ2n) is 18.8. The van der Waals surface area contributed by atoms with Crippen molar-refractivity contribution >= 4 is 11.9 Å². The molecule has 0 atom stereocenters. The standard InChI is InChI=1S/C44H84N2O4/c1-43(2,3)37-25-29-39(30-26-37)49-41(47)23-19-15-11-9-13-17-21-33-46(36-35-45(7)8)34-22-18-14-10-12-16-20-24-42(48)50-40-31-27-38(28-32-40)44(4,5)6/h37-40H,9-36H2,1-8H3. The van der Waals surface area contributed by atoms with Crippen molar-refractivity contribution in [3.63, 3.8) is 0 Å². The molecule has 50 heavy (non-hydrogen) atoms. The third-order valence-corrected chi connectivity index (χ3v) is 12.0. The summed E-state index contributed by atoms with van der Waals surface area (Å²) >= 11 is 0. The molecular formula is C44H84N2O4. The summed E-state index contributed by atoms with van der Waals surface area (Å²) in [7, 11) is 4.35. The van der Waals surface area contributed by atoms with E-state index in [1.54, 1.807) is 0 Å². The average Bonchev–Trinajstić information content (AvgIpc) is 3.04. The first-order valence-electron chi connectivity index (χ1n) is 21.5. The number of esters is 2. The van der Waals surface area contributed by atoms with Crippen molar-refractivity contribution in [3.05, 3.63) is 0 Å². The quantitative estimate of drug-likeness (QED) is 0.0696. The molecule has 0 N–H and O–H groups in total. The van der Waals surface area contributed by atoms with E-state index in [1.165, 1.54) is 103 Å². The largest absolute Gasteiger partial charge is 0.462 e. The van der Waals surface area contributed by atoms with Gasteiger partial charge in [-0.2, -0.15) is 0 Å². The predicted molar refractivity (Wildman–Crippen MR) is 211 cm³/mol. The monoisotopic (exact) mass is 705 g/mol. The van der Waals surface area contributed by atoms with Crippen molar-refractivity contribution in [2.24, 2.45) is 22.7 Å². The number of rotatable bonds is 25. The van der Waals surface area contributed by atoms with Crippen LogP contribution in [0.3, 0.4) is 0 Å². The van der Waals surface area contributed by atoms with Crippen LogP contribution in [0.1, 0.15) is 196 Å². The van der Waals surface area contributed by atoms with Gasteiger partial charge in [-0.3, -0.25) is 9.59 Å². The van der Waals surface area contributed by atoms with E-state index in [2.05, 4.69) is 65.4 Å². The van der Waals surface area contributed by atoms with E-state index in [0.717, 1.165) is 76.3 Å². The van der Waals surface area contributed by atoms with Gasteiger partial charge in [-0.05, 0) is 127 Å². The van der Waals surface area contributed by atoms with E-state index >= 15 is 0 Å². The molecule has 2 saturated carbocycles. The molecule has 0 unspecified atom stereocenters. The molecule has 0 aromatic heterocycles. The fourth-order valence-corrected chi connectivity index (χ4v) is 8.24. The summed E-state index contributed by atoms with van der Waals surface area (Å²) in [5, 5.41) is 0. The van der Waals surface area contributed by atoms with E-state index in [-0.39, 0.29) is 24.1 Å². The average molecular weight is 705 g/mol. The highest BCUT2D eigenvalue weighted by atomic mass is 16.5. The number of hydrogen-bond donors (Lipinski definition) is 0. The number of nitrogens with zero attached hydrogens (tertiary/aromatic N) is 2. The molecule has 2 aliphatic rings. The lowest BCUT2D eigenvalue weighted by Gasteiger charge is -2.36. The second kappa shape index (κ2) is 25.0. The maximum Gasteiger partial charge on any atom is 0.306 e. The zero-order chi connectivity index (χ0) is 36.8. The summed E-state index contributed by atoms with van der Waals surface area (Å²) in [4.78, 5) is 29.7. The maximum absolute atomic E-state index is 12.3. The smallest absolute Gasteiger partial charge is 0.306 e. The van der Waals surface area contributed by atoms with Crippen LogP contribution in [0.5, 0.6) is 0 Å². The molecule has 0 heterocycles. The van der Waals surface area contributed by atoms with E-state index in [1.807, 2.05) is 0 Å². The van der Waals surface area contributed by atoms with Gasteiger partial charge in [-0.25, -0.2) is 0 Å². The highest BCUT2D eigenvalue weighted by Gasteiger charge is 2.32. The van der Waals surface area contributed by atoms with Gasteiger partial charge >= 0.3 is 11.9 Å². The highest BCUT2D eigenvalue weighted by molar-refractivity contribution is 5.69. The molecule has 0 saturated heterocycles. The topological polar surface area (TPSA) is 59.1 Å². The minimum Gasteiger partial charge on any atom is -0.462 e. The van der Waals surface area contributed by atoms with Gasteiger partial charge in [0.25, 0.3) is 0 Å². The molecule has 6 nitrogen and oxygen atoms in total. The van der Waals surface area contributed by atoms with Crippen molar-refractivity contribution in [2.45, 2.75) is 208 Å². The summed E-state index contributed by atoms with van der Waals surface area (Å²) in [5.41, 5.74) is 0.739. The molecule has 2 fully saturated rings. The minimum atomic E-state index is 0.0278. The van der Waals surface area contributed by atoms with Crippen LogP contribution in [0.4, 0.5) is 0 Å². The molecule has 0 spiro atoms. The fourth-order valence-electron chi connectivity index (χ4n) is 8.24. The van der Waals surface area contributed by atoms with Crippen LogP contribution < -0.4 is 0 Å². The number of unbranched alkanes of at least 4 members (excludes halogenated alkanes) is 12. The van der Waals surface area contributed by atoms with E-state index in [4.69, 9.17) is 9.47 Å². The van der Waals surface area contributed by atoms with Gasteiger partial charge < -0.3 is 19.3 Å². The Labute approximate surface area is 310 Å². The van der Waals surface area contributed by atoms with Gasteiger partial charge in [0.15, 0.2) is 0 Å². The van der Waals surface area contributed by atoms with Crippen LogP contribution in [-0.2, 0) is 19.1 Å². The predicted octanol–water partition coefficient (Wildman–Crippen LogP) is 11.4. The van der Waals surface area contributed by atoms with Crippen LogP contribution in [0.25, 0.3) is 0 Å². The summed E-state index contributed by atoms with van der Waals surface area (Å²) in [6, 6.07) is 0. The van der Waals surface area contributed by atoms with Crippen LogP contribution in [0.15, 0.2) is 0 Å². The Balaban J connectivity index is 1.42. The van der Waals surface area contributed by atoms with E-state index in [9.17, 15) is 9.59 Å². The number of hydrogen-bond acceptors (Lipinski definition) is 6. The summed E-state index contributed by atoms with van der Waals surface area (Å²) < 4.78 is 11.6. The molecule has 0 amide bonds. The summed E-state index contributed by atoms with van der Waals surface area (Å²) in [6.45, 7) is 18.7. The van der Waals surface area contributed by atoms with Crippen LogP contribution in [0, 0.1) is 22.7 Å². The first-order chi connectivity index (χ1) is 23.7. The lowest BCUT2D eigenvalue weighted by molar-refractivity contribution is -0.152. The fraction of sp³-hybridized carbons (Fsp3) is 0.955. The van der Waals surface area contributed by atoms with Crippen LogP contribution in [0.2, 0.25) is 0 Å². The zero-order valence-corrected chi connectivity index (χ0v) is 34.6. The van der Waals surface area contributed by atoms with Gasteiger partial charge in [-0.15, -0.1) is 0 Å². The Morgan fingerprint density at radius 3 is 1.10 bits per heavy atom. The summed E-state index contributed by atoms with van der Waals surface area (Å²) in [5.74, 6) is 1.57. The minimum absolute atomic E-state index is 0.0278. The Hall–Kier alpha value is -1.14. The van der Waals surface area contributed by atoms with Crippen LogP contribution in [-0.4, -0.2) is 74.2 Å². The van der Waals surface area contributed by atoms with Crippen molar-refractivity contribution in [3.8, 4) is 0 Å². The molecule has 0 aromatic rings. The molecule has 2 rings (SSSR count). The summed E-state index contributed by atoms with van der Waals surface area (Å²) in [6.07, 6.45) is 27.5. The third kappa shape index (κ3) is 21.4. The lowest BCUT2D eigenvalue weighted by atomic mass is 9.72. The molecule has 0 aromatic carbocycles. The van der Waals surface area contributed by atoms with Crippen molar-refractivity contribution < 1.29 is 19.1 Å². The van der Waals surface area contributed by atoms with Crippen molar-refractivity contribution in [1.82, 2.24) is 9.80 Å². The molecule has 0 bridgehead atoms. The molecule has 294 valence electrons. The van der Waals surface area contributed by atoms with Gasteiger partial charge in [0.1, 0.15) is 12.2 Å². The van der Waals surface area contributed by atoms with Gasteiger partial charge in [0, 0.05) is 25.9 Å². The second-order valence-corrected chi connectivity index (χ2v) is 18.8. The van der Waals surface area contributed by atoms with E-state index in [0.29, 0.717) is 23.7 Å². The number of carbonyl (C=O) groups excluding carboxylic acids is 2. The van der Waals surface area contributed by atoms with Crippen molar-refractivity contribution in [2.75, 3.05) is 40.3 Å². The first-order valence-corrected chi connectivity index (χ1v) is 21.5. The van der Waals surface area contributed by atoms with Crippen LogP contribution >= 0.6 is 0 Å². The Morgan fingerprint density at radius 2 is 0.780 bits per heavy atom. The van der Waals surface area contributed by atoms with Crippen molar-refractivity contribution in [1.29, 1.82) is 0 Å². The normalized spacial score (nSPS) is 21.9. The SMILES string of the molecule is CN(C)CCN(CCCCCCCCCC(=O)OC1CCC(C(C)(C)C)CC1)CCCCCCCCCC(=O)OC1CCC(C(C)(C)C)CC1. The lowest BCUT2D eigenvalue weighted by Crippen LogP contribution is -2.33. The number of likely N-dealkylation sites (N-methyl/N-ethyl adjacent to an activating group) is 1. The Kier molecular flexibility index (Phi) is 22.5. The maximum atomic E-state index is 12.3. The highest BCUT2D eigenvalue weighted by Crippen LogP contribution is 2.39. The number of carbonyl (C=O) groups is 2. The first kappa shape index (κ1) is 45.0. The van der Waals surface area contributed by atoms with Gasteiger partial charge in [0.05, 0.1) is 0 Å². The zero-order valence-electron chi connectivity index (χ0n) is 34.6. The Morgan fingerprint density at radius 1 is 0.460 bits per heavy atom. The molecule has 0 aliphatic heterocycles. The molecule has 2 aliphatic carbocycles. The molecular weight excluding hydrogens is 620 g/mol. The molecule has 0 radical (unpaired) electrons. The Bertz CT molecular complexity index is 809. The van der Waals surface area contributed by atoms with Gasteiger partial charge in [-0.1, -0.05) is 106 Å². The third-order valence-electron chi connectivity index (χ3n) is 12.0. The van der Waals surface area contributed by atoms with E-state index < -0.39 is 0 Å². The van der Waals surface area contributed by atoms with Gasteiger partial charge in [0.2, 0.25) is 0 Å².